The van der Waals surface area contributed by atoms with E-state index >= 15 is 0 Å². The molecule has 0 spiro atoms. The fraction of sp³-hybridized carbons (Fsp3) is 0.417. The largest absolute Gasteiger partial charge is 0.508 e. The van der Waals surface area contributed by atoms with E-state index in [0.29, 0.717) is 13.1 Å². The molecule has 0 aromatic heterocycles. The number of hydrogen-bond acceptors (Lipinski definition) is 4. The van der Waals surface area contributed by atoms with Gasteiger partial charge in [0.15, 0.2) is 0 Å². The van der Waals surface area contributed by atoms with Gasteiger partial charge in [-0.25, -0.2) is 4.39 Å². The first kappa shape index (κ1) is 12.8. The van der Waals surface area contributed by atoms with E-state index in [9.17, 15) is 9.18 Å². The minimum absolute atomic E-state index is 0.0884. The molecule has 6 heteroatoms. The number of amides is 1. The second-order valence-electron chi connectivity index (χ2n) is 4.18. The lowest BCUT2D eigenvalue weighted by atomic mass is 10.1. The number of ether oxygens (including phenoxy) is 1. The highest BCUT2D eigenvalue weighted by atomic mass is 19.1. The Morgan fingerprint density at radius 3 is 3.00 bits per heavy atom. The Kier molecular flexibility index (Phi) is 3.78. The Balaban J connectivity index is 2.07. The highest BCUT2D eigenvalue weighted by Crippen LogP contribution is 2.15. The normalized spacial score (nSPS) is 23.0. The Hall–Kier alpha value is -1.66. The first-order valence-corrected chi connectivity index (χ1v) is 5.64. The summed E-state index contributed by atoms with van der Waals surface area (Å²) in [5.41, 5.74) is -0.0884. The third-order valence-electron chi connectivity index (χ3n) is 2.98. The topological polar surface area (TPSA) is 70.6 Å². The van der Waals surface area contributed by atoms with Gasteiger partial charge in [-0.2, -0.15) is 0 Å². The molecule has 18 heavy (non-hydrogen) atoms. The molecule has 5 nitrogen and oxygen atoms in total. The average Bonchev–Trinajstić information content (AvgIpc) is 2.76. The first-order valence-electron chi connectivity index (χ1n) is 5.64. The lowest BCUT2D eigenvalue weighted by Crippen LogP contribution is -2.43. The van der Waals surface area contributed by atoms with Gasteiger partial charge in [0, 0.05) is 26.3 Å². The summed E-state index contributed by atoms with van der Waals surface area (Å²) in [7, 11) is 1.57. The molecule has 1 fully saturated rings. The van der Waals surface area contributed by atoms with Crippen LogP contribution in [0.25, 0.3) is 0 Å². The first-order chi connectivity index (χ1) is 8.61. The lowest BCUT2D eigenvalue weighted by Gasteiger charge is -2.18. The zero-order valence-electron chi connectivity index (χ0n) is 9.94. The van der Waals surface area contributed by atoms with Crippen molar-refractivity contribution in [2.75, 3.05) is 20.2 Å². The Labute approximate surface area is 104 Å². The van der Waals surface area contributed by atoms with Crippen LogP contribution in [0.1, 0.15) is 10.4 Å². The molecular weight excluding hydrogens is 239 g/mol. The van der Waals surface area contributed by atoms with E-state index in [1.165, 1.54) is 12.1 Å². The molecule has 2 atom stereocenters. The molecule has 0 saturated carbocycles. The Bertz CT molecular complexity index is 453. The van der Waals surface area contributed by atoms with E-state index in [1.54, 1.807) is 7.11 Å². The zero-order valence-corrected chi connectivity index (χ0v) is 9.94. The molecule has 1 heterocycles. The van der Waals surface area contributed by atoms with E-state index in [0.717, 1.165) is 6.07 Å². The van der Waals surface area contributed by atoms with Gasteiger partial charge in [0.2, 0.25) is 0 Å². The van der Waals surface area contributed by atoms with Crippen molar-refractivity contribution < 1.29 is 19.0 Å². The molecule has 2 rings (SSSR count). The number of nitrogens with one attached hydrogen (secondary N) is 2. The van der Waals surface area contributed by atoms with Crippen LogP contribution in [0.15, 0.2) is 18.2 Å². The third kappa shape index (κ3) is 2.60. The van der Waals surface area contributed by atoms with Crippen LogP contribution in [0.3, 0.4) is 0 Å². The molecule has 1 aliphatic rings. The number of phenolic OH excluding ortho intramolecular Hbond substituents is 1. The highest BCUT2D eigenvalue weighted by molar-refractivity contribution is 5.94. The van der Waals surface area contributed by atoms with Crippen molar-refractivity contribution in [2.24, 2.45) is 0 Å². The van der Waals surface area contributed by atoms with Gasteiger partial charge in [-0.05, 0) is 12.1 Å². The molecule has 1 aromatic rings. The molecular formula is C12H15FN2O3. The Morgan fingerprint density at radius 1 is 1.56 bits per heavy atom. The molecule has 1 amide bonds. The summed E-state index contributed by atoms with van der Waals surface area (Å²) in [5, 5.41) is 14.9. The molecule has 0 aliphatic carbocycles. The number of benzene rings is 1. The maximum atomic E-state index is 13.5. The molecule has 1 aromatic carbocycles. The summed E-state index contributed by atoms with van der Waals surface area (Å²) in [4.78, 5) is 11.9. The standard InChI is InChI=1S/C12H15FN2O3/c1-18-11-6-14-5-10(11)15-12(17)8-3-2-7(16)4-9(8)13/h2-4,10-11,14,16H,5-6H2,1H3,(H,15,17)/t10?,11-/m0/s1. The number of phenols is 1. The Morgan fingerprint density at radius 2 is 2.33 bits per heavy atom. The number of carbonyl (C=O) groups is 1. The van der Waals surface area contributed by atoms with E-state index in [4.69, 9.17) is 9.84 Å². The summed E-state index contributed by atoms with van der Waals surface area (Å²) in [6, 6.07) is 3.26. The quantitative estimate of drug-likeness (QED) is 0.723. The van der Waals surface area contributed by atoms with Crippen LogP contribution in [-0.4, -0.2) is 43.4 Å². The molecule has 98 valence electrons. The van der Waals surface area contributed by atoms with Crippen molar-refractivity contribution in [1.82, 2.24) is 10.6 Å². The minimum atomic E-state index is -0.743. The fourth-order valence-corrected chi connectivity index (χ4v) is 1.98. The van der Waals surface area contributed by atoms with Crippen LogP contribution < -0.4 is 10.6 Å². The smallest absolute Gasteiger partial charge is 0.254 e. The number of carbonyl (C=O) groups excluding carboxylic acids is 1. The van der Waals surface area contributed by atoms with E-state index in [2.05, 4.69) is 10.6 Å². The van der Waals surface area contributed by atoms with Crippen LogP contribution in [0.4, 0.5) is 4.39 Å². The molecule has 1 unspecified atom stereocenters. The maximum absolute atomic E-state index is 13.5. The van der Waals surface area contributed by atoms with Gasteiger partial charge in [0.25, 0.3) is 5.91 Å². The summed E-state index contributed by atoms with van der Waals surface area (Å²) in [6.07, 6.45) is -0.117. The fourth-order valence-electron chi connectivity index (χ4n) is 1.98. The predicted octanol–water partition coefficient (Wildman–Crippen LogP) is 0.248. The van der Waals surface area contributed by atoms with Gasteiger partial charge >= 0.3 is 0 Å². The molecule has 0 bridgehead atoms. The van der Waals surface area contributed by atoms with Gasteiger partial charge in [0.1, 0.15) is 11.6 Å². The summed E-state index contributed by atoms with van der Waals surface area (Å²) in [6.45, 7) is 1.24. The van der Waals surface area contributed by atoms with Crippen molar-refractivity contribution in [3.8, 4) is 5.75 Å². The van der Waals surface area contributed by atoms with Gasteiger partial charge in [0.05, 0.1) is 17.7 Å². The number of aromatic hydroxyl groups is 1. The minimum Gasteiger partial charge on any atom is -0.508 e. The lowest BCUT2D eigenvalue weighted by molar-refractivity contribution is 0.0777. The zero-order chi connectivity index (χ0) is 13.1. The second-order valence-corrected chi connectivity index (χ2v) is 4.18. The van der Waals surface area contributed by atoms with Crippen molar-refractivity contribution in [3.63, 3.8) is 0 Å². The van der Waals surface area contributed by atoms with Crippen molar-refractivity contribution >= 4 is 5.91 Å². The number of halogens is 1. The number of methoxy groups -OCH3 is 1. The van der Waals surface area contributed by atoms with Crippen molar-refractivity contribution in [1.29, 1.82) is 0 Å². The van der Waals surface area contributed by atoms with Gasteiger partial charge < -0.3 is 20.5 Å². The number of hydrogen-bond donors (Lipinski definition) is 3. The van der Waals surface area contributed by atoms with E-state index in [-0.39, 0.29) is 23.5 Å². The summed E-state index contributed by atoms with van der Waals surface area (Å²) >= 11 is 0. The highest BCUT2D eigenvalue weighted by Gasteiger charge is 2.29. The molecule has 3 N–H and O–H groups in total. The van der Waals surface area contributed by atoms with Crippen LogP contribution in [0.5, 0.6) is 5.75 Å². The van der Waals surface area contributed by atoms with Crippen LogP contribution in [0, 0.1) is 5.82 Å². The van der Waals surface area contributed by atoms with Gasteiger partial charge in [-0.15, -0.1) is 0 Å². The van der Waals surface area contributed by atoms with Crippen LogP contribution >= 0.6 is 0 Å². The van der Waals surface area contributed by atoms with Crippen LogP contribution in [0.2, 0.25) is 0 Å². The predicted molar refractivity (Wildman–Crippen MR) is 63.0 cm³/mol. The number of rotatable bonds is 3. The van der Waals surface area contributed by atoms with E-state index in [1.807, 2.05) is 0 Å². The van der Waals surface area contributed by atoms with Crippen LogP contribution in [-0.2, 0) is 4.74 Å². The van der Waals surface area contributed by atoms with Gasteiger partial charge in [-0.1, -0.05) is 0 Å². The molecule has 0 radical (unpaired) electrons. The molecule has 1 saturated heterocycles. The summed E-state index contributed by atoms with van der Waals surface area (Å²) < 4.78 is 18.7. The third-order valence-corrected chi connectivity index (χ3v) is 2.98. The van der Waals surface area contributed by atoms with E-state index < -0.39 is 11.7 Å². The average molecular weight is 254 g/mol. The summed E-state index contributed by atoms with van der Waals surface area (Å²) in [5.74, 6) is -1.46. The maximum Gasteiger partial charge on any atom is 0.254 e. The van der Waals surface area contributed by atoms with Crippen molar-refractivity contribution in [3.05, 3.63) is 29.6 Å². The second kappa shape index (κ2) is 5.32. The molecule has 1 aliphatic heterocycles. The van der Waals surface area contributed by atoms with Crippen molar-refractivity contribution in [2.45, 2.75) is 12.1 Å². The monoisotopic (exact) mass is 254 g/mol. The van der Waals surface area contributed by atoms with Gasteiger partial charge in [-0.3, -0.25) is 4.79 Å². The SMILES string of the molecule is CO[C@H]1CNCC1NC(=O)c1ccc(O)cc1F.